The van der Waals surface area contributed by atoms with Crippen LogP contribution in [0.5, 0.6) is 0 Å². The molecule has 4 nitrogen and oxygen atoms in total. The molecule has 0 aromatic carbocycles. The van der Waals surface area contributed by atoms with Crippen LogP contribution in [-0.4, -0.2) is 34.3 Å². The highest BCUT2D eigenvalue weighted by Crippen LogP contribution is 2.41. The molecule has 106 valence electrons. The minimum atomic E-state index is -0.508. The molecule has 2 saturated carbocycles. The zero-order chi connectivity index (χ0) is 13.5. The molecule has 1 N–H and O–H groups in total. The molecule has 0 aromatic heterocycles. The SMILES string of the molecule is CC1NC(=O)C2(CCCC2)N(C2CCCCC2)C1=O. The van der Waals surface area contributed by atoms with Gasteiger partial charge in [0.05, 0.1) is 0 Å². The Balaban J connectivity index is 1.93. The summed E-state index contributed by atoms with van der Waals surface area (Å²) in [6.07, 6.45) is 9.66. The zero-order valence-electron chi connectivity index (χ0n) is 11.8. The van der Waals surface area contributed by atoms with E-state index in [9.17, 15) is 9.59 Å². The van der Waals surface area contributed by atoms with Crippen LogP contribution >= 0.6 is 0 Å². The fourth-order valence-electron chi connectivity index (χ4n) is 4.22. The highest BCUT2D eigenvalue weighted by molar-refractivity contribution is 6.00. The van der Waals surface area contributed by atoms with Crippen molar-refractivity contribution < 1.29 is 9.59 Å². The molecule has 4 heteroatoms. The Hall–Kier alpha value is -1.06. The van der Waals surface area contributed by atoms with E-state index in [2.05, 4.69) is 5.32 Å². The van der Waals surface area contributed by atoms with Crippen molar-refractivity contribution in [3.8, 4) is 0 Å². The summed E-state index contributed by atoms with van der Waals surface area (Å²) in [5.74, 6) is 0.246. The van der Waals surface area contributed by atoms with Crippen LogP contribution in [0.25, 0.3) is 0 Å². The fraction of sp³-hybridized carbons (Fsp3) is 0.867. The summed E-state index contributed by atoms with van der Waals surface area (Å²) in [7, 11) is 0. The van der Waals surface area contributed by atoms with E-state index in [1.54, 1.807) is 0 Å². The van der Waals surface area contributed by atoms with Gasteiger partial charge in [-0.2, -0.15) is 0 Å². The molecule has 0 bridgehead atoms. The van der Waals surface area contributed by atoms with Gasteiger partial charge < -0.3 is 10.2 Å². The number of nitrogens with one attached hydrogen (secondary N) is 1. The van der Waals surface area contributed by atoms with E-state index >= 15 is 0 Å². The number of hydrogen-bond donors (Lipinski definition) is 1. The number of carbonyl (C=O) groups is 2. The third-order valence-corrected chi connectivity index (χ3v) is 5.21. The fourth-order valence-corrected chi connectivity index (χ4v) is 4.22. The predicted octanol–water partition coefficient (Wildman–Crippen LogP) is 1.98. The van der Waals surface area contributed by atoms with Gasteiger partial charge in [-0.25, -0.2) is 0 Å². The first-order chi connectivity index (χ1) is 9.15. The summed E-state index contributed by atoms with van der Waals surface area (Å²) in [4.78, 5) is 27.2. The van der Waals surface area contributed by atoms with Crippen LogP contribution in [0, 0.1) is 0 Å². The summed E-state index contributed by atoms with van der Waals surface area (Å²) >= 11 is 0. The lowest BCUT2D eigenvalue weighted by Crippen LogP contribution is -2.71. The molecule has 0 aromatic rings. The Morgan fingerprint density at radius 1 is 1.05 bits per heavy atom. The average Bonchev–Trinajstić information content (AvgIpc) is 2.89. The quantitative estimate of drug-likeness (QED) is 0.787. The van der Waals surface area contributed by atoms with Crippen LogP contribution in [0.4, 0.5) is 0 Å². The molecule has 3 rings (SSSR count). The largest absolute Gasteiger partial charge is 0.343 e. The monoisotopic (exact) mass is 264 g/mol. The van der Waals surface area contributed by atoms with Gasteiger partial charge in [-0.05, 0) is 32.6 Å². The summed E-state index contributed by atoms with van der Waals surface area (Å²) in [6, 6.07) is -0.0477. The highest BCUT2D eigenvalue weighted by atomic mass is 16.2. The molecule has 2 amide bonds. The minimum absolute atomic E-state index is 0.0997. The molecule has 3 aliphatic rings. The molecule has 1 saturated heterocycles. The molecular formula is C15H24N2O2. The van der Waals surface area contributed by atoms with Crippen molar-refractivity contribution in [3.63, 3.8) is 0 Å². The molecule has 2 aliphatic carbocycles. The van der Waals surface area contributed by atoms with E-state index in [0.29, 0.717) is 6.04 Å². The smallest absolute Gasteiger partial charge is 0.246 e. The summed E-state index contributed by atoms with van der Waals surface area (Å²) in [5.41, 5.74) is -0.508. The summed E-state index contributed by atoms with van der Waals surface area (Å²) < 4.78 is 0. The number of carbonyl (C=O) groups excluding carboxylic acids is 2. The third kappa shape index (κ3) is 1.96. The molecule has 1 atom stereocenters. The topological polar surface area (TPSA) is 49.4 Å². The normalized spacial score (nSPS) is 31.8. The second-order valence-electron chi connectivity index (χ2n) is 6.43. The van der Waals surface area contributed by atoms with Crippen LogP contribution in [-0.2, 0) is 9.59 Å². The predicted molar refractivity (Wildman–Crippen MR) is 72.5 cm³/mol. The van der Waals surface area contributed by atoms with Crippen molar-refractivity contribution >= 4 is 11.8 Å². The second-order valence-corrected chi connectivity index (χ2v) is 6.43. The van der Waals surface area contributed by atoms with Crippen LogP contribution in [0.2, 0.25) is 0 Å². The zero-order valence-corrected chi connectivity index (χ0v) is 11.8. The second kappa shape index (κ2) is 4.80. The van der Waals surface area contributed by atoms with Crippen LogP contribution in [0.3, 0.4) is 0 Å². The van der Waals surface area contributed by atoms with Crippen molar-refractivity contribution in [1.29, 1.82) is 0 Å². The summed E-state index contributed by atoms with van der Waals surface area (Å²) in [6.45, 7) is 1.82. The number of rotatable bonds is 1. The van der Waals surface area contributed by atoms with Crippen molar-refractivity contribution in [2.24, 2.45) is 0 Å². The number of amides is 2. The number of piperazine rings is 1. The van der Waals surface area contributed by atoms with E-state index in [1.807, 2.05) is 11.8 Å². The molecular weight excluding hydrogens is 240 g/mol. The lowest BCUT2D eigenvalue weighted by molar-refractivity contribution is -0.161. The Labute approximate surface area is 114 Å². The lowest BCUT2D eigenvalue weighted by atomic mass is 9.84. The van der Waals surface area contributed by atoms with Crippen molar-refractivity contribution in [3.05, 3.63) is 0 Å². The van der Waals surface area contributed by atoms with Gasteiger partial charge >= 0.3 is 0 Å². The molecule has 1 unspecified atom stereocenters. The van der Waals surface area contributed by atoms with Crippen molar-refractivity contribution in [2.75, 3.05) is 0 Å². The Morgan fingerprint density at radius 3 is 2.32 bits per heavy atom. The average molecular weight is 264 g/mol. The molecule has 1 aliphatic heterocycles. The first-order valence-electron chi connectivity index (χ1n) is 7.79. The van der Waals surface area contributed by atoms with E-state index in [0.717, 1.165) is 38.5 Å². The maximum atomic E-state index is 12.6. The van der Waals surface area contributed by atoms with Gasteiger partial charge in [-0.15, -0.1) is 0 Å². The highest BCUT2D eigenvalue weighted by Gasteiger charge is 2.54. The minimum Gasteiger partial charge on any atom is -0.343 e. The Bertz CT molecular complexity index is 382. The maximum Gasteiger partial charge on any atom is 0.246 e. The van der Waals surface area contributed by atoms with Gasteiger partial charge in [0.2, 0.25) is 11.8 Å². The molecule has 3 fully saturated rings. The number of hydrogen-bond acceptors (Lipinski definition) is 2. The van der Waals surface area contributed by atoms with Gasteiger partial charge in [0, 0.05) is 6.04 Å². The standard InChI is InChI=1S/C15H24N2O2/c1-11-13(18)17(12-7-3-2-4-8-12)15(14(19)16-11)9-5-6-10-15/h11-12H,2-10H2,1H3,(H,16,19). The third-order valence-electron chi connectivity index (χ3n) is 5.21. The van der Waals surface area contributed by atoms with Crippen molar-refractivity contribution in [1.82, 2.24) is 10.2 Å². The number of nitrogens with zero attached hydrogens (tertiary/aromatic N) is 1. The van der Waals surface area contributed by atoms with Gasteiger partial charge in [-0.3, -0.25) is 9.59 Å². The van der Waals surface area contributed by atoms with Crippen molar-refractivity contribution in [2.45, 2.75) is 82.3 Å². The van der Waals surface area contributed by atoms with Crippen LogP contribution in [0.15, 0.2) is 0 Å². The van der Waals surface area contributed by atoms with E-state index in [-0.39, 0.29) is 17.9 Å². The first-order valence-corrected chi connectivity index (χ1v) is 7.79. The van der Waals surface area contributed by atoms with Crippen LogP contribution < -0.4 is 5.32 Å². The van der Waals surface area contributed by atoms with Gasteiger partial charge in [0.1, 0.15) is 11.6 Å². The van der Waals surface area contributed by atoms with Crippen LogP contribution in [0.1, 0.15) is 64.7 Å². The molecule has 0 radical (unpaired) electrons. The Morgan fingerprint density at radius 2 is 1.68 bits per heavy atom. The van der Waals surface area contributed by atoms with E-state index < -0.39 is 5.54 Å². The molecule has 1 heterocycles. The van der Waals surface area contributed by atoms with Gasteiger partial charge in [-0.1, -0.05) is 32.1 Å². The molecule has 19 heavy (non-hydrogen) atoms. The summed E-state index contributed by atoms with van der Waals surface area (Å²) in [5, 5.41) is 2.90. The first kappa shape index (κ1) is 12.9. The molecule has 1 spiro atoms. The van der Waals surface area contributed by atoms with Gasteiger partial charge in [0.25, 0.3) is 0 Å². The Kier molecular flexibility index (Phi) is 3.27. The maximum absolute atomic E-state index is 12.6. The van der Waals surface area contributed by atoms with E-state index in [1.165, 1.54) is 19.3 Å². The van der Waals surface area contributed by atoms with E-state index in [4.69, 9.17) is 0 Å². The van der Waals surface area contributed by atoms with Gasteiger partial charge in [0.15, 0.2) is 0 Å². The lowest BCUT2D eigenvalue weighted by Gasteiger charge is -2.50.